The summed E-state index contributed by atoms with van der Waals surface area (Å²) >= 11 is 7.52. The third-order valence-corrected chi connectivity index (χ3v) is 5.56. The first-order chi connectivity index (χ1) is 13.5. The lowest BCUT2D eigenvalue weighted by Crippen LogP contribution is -2.48. The number of benzene rings is 2. The first-order valence-corrected chi connectivity index (χ1v) is 11.0. The minimum absolute atomic E-state index is 0.0463. The molecule has 0 saturated carbocycles. The number of rotatable bonds is 10. The van der Waals surface area contributed by atoms with Crippen molar-refractivity contribution < 1.29 is 9.59 Å². The fourth-order valence-corrected chi connectivity index (χ4v) is 3.68. The molecule has 150 valence electrons. The highest BCUT2D eigenvalue weighted by Gasteiger charge is 2.25. The standard InChI is InChI=1S/C22H27ClN2O2S/c1-3-13-24-22(27)17(2)25(14-18-9-11-20(23)12-10-18)21(26)16-28-15-19-7-5-4-6-8-19/h4-12,17H,3,13-16H2,1-2H3,(H,24,27)/t17-/m1/s1. The van der Waals surface area contributed by atoms with Crippen LogP contribution in [-0.2, 0) is 21.9 Å². The van der Waals surface area contributed by atoms with Crippen LogP contribution >= 0.6 is 23.4 Å². The van der Waals surface area contributed by atoms with Gasteiger partial charge in [-0.1, -0.05) is 61.0 Å². The zero-order valence-corrected chi connectivity index (χ0v) is 17.9. The number of hydrogen-bond donors (Lipinski definition) is 1. The Morgan fingerprint density at radius 3 is 2.39 bits per heavy atom. The van der Waals surface area contributed by atoms with E-state index in [0.29, 0.717) is 23.9 Å². The summed E-state index contributed by atoms with van der Waals surface area (Å²) in [6.45, 7) is 4.76. The maximum atomic E-state index is 12.9. The van der Waals surface area contributed by atoms with Gasteiger partial charge in [0.25, 0.3) is 0 Å². The Labute approximate surface area is 176 Å². The average molecular weight is 419 g/mol. The average Bonchev–Trinajstić information content (AvgIpc) is 2.71. The van der Waals surface area contributed by atoms with Gasteiger partial charge in [0.2, 0.25) is 11.8 Å². The highest BCUT2D eigenvalue weighted by Crippen LogP contribution is 2.17. The van der Waals surface area contributed by atoms with Gasteiger partial charge in [-0.2, -0.15) is 0 Å². The van der Waals surface area contributed by atoms with E-state index in [0.717, 1.165) is 17.7 Å². The molecule has 0 aromatic heterocycles. The maximum Gasteiger partial charge on any atom is 0.242 e. The molecule has 0 unspecified atom stereocenters. The van der Waals surface area contributed by atoms with E-state index in [1.807, 2.05) is 49.4 Å². The van der Waals surface area contributed by atoms with Crippen molar-refractivity contribution in [3.05, 3.63) is 70.7 Å². The van der Waals surface area contributed by atoms with Gasteiger partial charge >= 0.3 is 0 Å². The van der Waals surface area contributed by atoms with Crippen molar-refractivity contribution >= 4 is 35.2 Å². The van der Waals surface area contributed by atoms with Crippen LogP contribution in [0.25, 0.3) is 0 Å². The van der Waals surface area contributed by atoms with Crippen molar-refractivity contribution in [2.75, 3.05) is 12.3 Å². The Morgan fingerprint density at radius 1 is 1.07 bits per heavy atom. The van der Waals surface area contributed by atoms with Gasteiger partial charge in [-0.25, -0.2) is 0 Å². The number of carbonyl (C=O) groups is 2. The van der Waals surface area contributed by atoms with Crippen molar-refractivity contribution in [2.45, 2.75) is 38.6 Å². The van der Waals surface area contributed by atoms with Crippen LogP contribution in [0.5, 0.6) is 0 Å². The lowest BCUT2D eigenvalue weighted by atomic mass is 10.1. The summed E-state index contributed by atoms with van der Waals surface area (Å²) in [6.07, 6.45) is 0.858. The van der Waals surface area contributed by atoms with Crippen LogP contribution in [0.15, 0.2) is 54.6 Å². The van der Waals surface area contributed by atoms with Crippen molar-refractivity contribution in [3.63, 3.8) is 0 Å². The topological polar surface area (TPSA) is 49.4 Å². The second-order valence-corrected chi connectivity index (χ2v) is 8.02. The molecule has 0 aliphatic rings. The highest BCUT2D eigenvalue weighted by atomic mass is 35.5. The van der Waals surface area contributed by atoms with Crippen LogP contribution in [0, 0.1) is 0 Å². The van der Waals surface area contributed by atoms with Gasteiger partial charge in [0.05, 0.1) is 5.75 Å². The fraction of sp³-hybridized carbons (Fsp3) is 0.364. The van der Waals surface area contributed by atoms with Crippen molar-refractivity contribution in [3.8, 4) is 0 Å². The Morgan fingerprint density at radius 2 is 1.75 bits per heavy atom. The number of amides is 2. The Kier molecular flexibility index (Phi) is 9.38. The zero-order valence-electron chi connectivity index (χ0n) is 16.4. The SMILES string of the molecule is CCCNC(=O)[C@@H](C)N(Cc1ccc(Cl)cc1)C(=O)CSCc1ccccc1. The Bertz CT molecular complexity index is 753. The van der Waals surface area contributed by atoms with E-state index in [1.54, 1.807) is 35.7 Å². The molecule has 1 N–H and O–H groups in total. The van der Waals surface area contributed by atoms with Crippen LogP contribution in [0.3, 0.4) is 0 Å². The molecule has 0 fully saturated rings. The quantitative estimate of drug-likeness (QED) is 0.617. The number of carbonyl (C=O) groups excluding carboxylic acids is 2. The van der Waals surface area contributed by atoms with E-state index >= 15 is 0 Å². The first kappa shape index (κ1) is 22.3. The predicted molar refractivity (Wildman–Crippen MR) is 117 cm³/mol. The third kappa shape index (κ3) is 7.21. The molecule has 4 nitrogen and oxygen atoms in total. The second kappa shape index (κ2) is 11.8. The number of nitrogens with zero attached hydrogens (tertiary/aromatic N) is 1. The van der Waals surface area contributed by atoms with Gasteiger partial charge < -0.3 is 10.2 Å². The van der Waals surface area contributed by atoms with Crippen LogP contribution in [0.1, 0.15) is 31.4 Å². The predicted octanol–water partition coefficient (Wildman–Crippen LogP) is 4.52. The molecule has 0 heterocycles. The summed E-state index contributed by atoms with van der Waals surface area (Å²) in [5, 5.41) is 3.53. The molecule has 2 aromatic rings. The summed E-state index contributed by atoms with van der Waals surface area (Å²) < 4.78 is 0. The molecule has 0 bridgehead atoms. The lowest BCUT2D eigenvalue weighted by molar-refractivity contribution is -0.138. The van der Waals surface area contributed by atoms with Gasteiger partial charge in [-0.3, -0.25) is 9.59 Å². The van der Waals surface area contributed by atoms with Crippen LogP contribution < -0.4 is 5.32 Å². The van der Waals surface area contributed by atoms with Crippen LogP contribution in [0.4, 0.5) is 0 Å². The molecule has 0 aliphatic carbocycles. The summed E-state index contributed by atoms with van der Waals surface area (Å²) in [4.78, 5) is 27.0. The molecule has 2 rings (SSSR count). The normalized spacial score (nSPS) is 11.7. The largest absolute Gasteiger partial charge is 0.354 e. The van der Waals surface area contributed by atoms with Gasteiger partial charge in [-0.15, -0.1) is 11.8 Å². The van der Waals surface area contributed by atoms with Gasteiger partial charge in [-0.05, 0) is 36.6 Å². The zero-order chi connectivity index (χ0) is 20.4. The molecular formula is C22H27ClN2O2S. The Hall–Kier alpha value is -1.98. The molecule has 0 aliphatic heterocycles. The summed E-state index contributed by atoms with van der Waals surface area (Å²) in [5.41, 5.74) is 2.12. The maximum absolute atomic E-state index is 12.9. The summed E-state index contributed by atoms with van der Waals surface area (Å²) in [5.74, 6) is 0.915. The van der Waals surface area contributed by atoms with E-state index in [-0.39, 0.29) is 11.8 Å². The van der Waals surface area contributed by atoms with Crippen molar-refractivity contribution in [2.24, 2.45) is 0 Å². The van der Waals surface area contributed by atoms with E-state index in [4.69, 9.17) is 11.6 Å². The van der Waals surface area contributed by atoms with Crippen molar-refractivity contribution in [1.82, 2.24) is 10.2 Å². The van der Waals surface area contributed by atoms with Gasteiger partial charge in [0.15, 0.2) is 0 Å². The van der Waals surface area contributed by atoms with Crippen LogP contribution in [0.2, 0.25) is 5.02 Å². The molecule has 1 atom stereocenters. The molecule has 6 heteroatoms. The lowest BCUT2D eigenvalue weighted by Gasteiger charge is -2.28. The highest BCUT2D eigenvalue weighted by molar-refractivity contribution is 7.99. The van der Waals surface area contributed by atoms with E-state index in [2.05, 4.69) is 5.32 Å². The minimum Gasteiger partial charge on any atom is -0.354 e. The summed E-state index contributed by atoms with van der Waals surface area (Å²) in [6, 6.07) is 16.9. The van der Waals surface area contributed by atoms with Crippen LogP contribution in [-0.4, -0.2) is 35.1 Å². The number of thioether (sulfide) groups is 1. The number of halogens is 1. The summed E-state index contributed by atoms with van der Waals surface area (Å²) in [7, 11) is 0. The van der Waals surface area contributed by atoms with Crippen molar-refractivity contribution in [1.29, 1.82) is 0 Å². The van der Waals surface area contributed by atoms with E-state index in [1.165, 1.54) is 5.56 Å². The fourth-order valence-electron chi connectivity index (χ4n) is 2.68. The van der Waals surface area contributed by atoms with E-state index < -0.39 is 6.04 Å². The second-order valence-electron chi connectivity index (χ2n) is 6.59. The van der Waals surface area contributed by atoms with Gasteiger partial charge in [0, 0.05) is 23.9 Å². The number of nitrogens with one attached hydrogen (secondary N) is 1. The molecular weight excluding hydrogens is 392 g/mol. The molecule has 0 saturated heterocycles. The Balaban J connectivity index is 2.03. The monoisotopic (exact) mass is 418 g/mol. The molecule has 0 spiro atoms. The molecule has 0 radical (unpaired) electrons. The minimum atomic E-state index is -0.535. The molecule has 28 heavy (non-hydrogen) atoms. The first-order valence-electron chi connectivity index (χ1n) is 9.44. The van der Waals surface area contributed by atoms with Gasteiger partial charge in [0.1, 0.15) is 6.04 Å². The smallest absolute Gasteiger partial charge is 0.242 e. The number of hydrogen-bond acceptors (Lipinski definition) is 3. The van der Waals surface area contributed by atoms with E-state index in [9.17, 15) is 9.59 Å². The molecule has 2 aromatic carbocycles. The third-order valence-electron chi connectivity index (χ3n) is 4.32. The molecule has 2 amide bonds.